The molecule has 0 bridgehead atoms. The van der Waals surface area contributed by atoms with Crippen molar-refractivity contribution in [3.63, 3.8) is 0 Å². The maximum atomic E-state index is 12.6. The smallest absolute Gasteiger partial charge is 0.248 e. The second-order valence-electron chi connectivity index (χ2n) is 5.79. The van der Waals surface area contributed by atoms with Gasteiger partial charge in [-0.25, -0.2) is 0 Å². The van der Waals surface area contributed by atoms with Crippen LogP contribution in [0.25, 0.3) is 0 Å². The van der Waals surface area contributed by atoms with E-state index in [4.69, 9.17) is 0 Å². The number of carbonyl (C=O) groups excluding carboxylic acids is 3. The largest absolute Gasteiger partial charge is 0.344 e. The lowest BCUT2D eigenvalue weighted by Gasteiger charge is -2.26. The van der Waals surface area contributed by atoms with Gasteiger partial charge < -0.3 is 15.5 Å². The molecule has 122 valence electrons. The fraction of sp³-hybridized carbons (Fsp3) is 0.438. The van der Waals surface area contributed by atoms with Crippen molar-refractivity contribution in [1.29, 1.82) is 0 Å². The number of aryl methyl sites for hydroxylation is 1. The Bertz CT molecular complexity index is 649. The first-order valence-corrected chi connectivity index (χ1v) is 8.76. The number of nitrogens with zero attached hydrogens (tertiary/aromatic N) is 1. The van der Waals surface area contributed by atoms with Gasteiger partial charge in [0.05, 0.1) is 5.88 Å². The molecular formula is C16H19N3O3S. The third-order valence-corrected chi connectivity index (χ3v) is 5.18. The Balaban J connectivity index is 1.68. The second kappa shape index (κ2) is 6.62. The molecule has 2 aliphatic heterocycles. The summed E-state index contributed by atoms with van der Waals surface area (Å²) < 4.78 is 0. The van der Waals surface area contributed by atoms with Crippen LogP contribution < -0.4 is 10.6 Å². The van der Waals surface area contributed by atoms with Gasteiger partial charge in [-0.05, 0) is 25.0 Å². The lowest BCUT2D eigenvalue weighted by atomic mass is 10.1. The average Bonchev–Trinajstić information content (AvgIpc) is 3.17. The molecule has 0 spiro atoms. The number of anilines is 1. The van der Waals surface area contributed by atoms with E-state index in [2.05, 4.69) is 10.6 Å². The Morgan fingerprint density at radius 1 is 1.35 bits per heavy atom. The number of hydrogen-bond donors (Lipinski definition) is 2. The van der Waals surface area contributed by atoms with Gasteiger partial charge in [-0.2, -0.15) is 0 Å². The minimum absolute atomic E-state index is 0.101. The van der Waals surface area contributed by atoms with Crippen LogP contribution in [0.2, 0.25) is 0 Å². The van der Waals surface area contributed by atoms with Crippen molar-refractivity contribution in [2.75, 3.05) is 16.9 Å². The topological polar surface area (TPSA) is 78.5 Å². The number of thioether (sulfide) groups is 1. The number of amides is 3. The molecule has 0 aromatic heterocycles. The normalized spacial score (nSPS) is 23.7. The summed E-state index contributed by atoms with van der Waals surface area (Å²) in [5.74, 6) is 0.616. The summed E-state index contributed by atoms with van der Waals surface area (Å²) in [5.41, 5.74) is 1.74. The second-order valence-corrected chi connectivity index (χ2v) is 6.79. The average molecular weight is 333 g/mol. The van der Waals surface area contributed by atoms with Crippen LogP contribution in [0, 0.1) is 6.92 Å². The quantitative estimate of drug-likeness (QED) is 0.869. The van der Waals surface area contributed by atoms with Crippen LogP contribution in [0.3, 0.4) is 0 Å². The number of hydrogen-bond acceptors (Lipinski definition) is 4. The Labute approximate surface area is 139 Å². The highest BCUT2D eigenvalue weighted by Crippen LogP contribution is 2.25. The SMILES string of the molecule is Cc1ccccc1NC(=O)[C@@H]1CSCN1C(=O)C1CCC(=O)N1. The zero-order valence-corrected chi connectivity index (χ0v) is 13.7. The highest BCUT2D eigenvalue weighted by atomic mass is 32.2. The molecule has 1 aromatic rings. The predicted octanol–water partition coefficient (Wildman–Crippen LogP) is 1.11. The summed E-state index contributed by atoms with van der Waals surface area (Å²) in [7, 11) is 0. The molecular weight excluding hydrogens is 314 g/mol. The van der Waals surface area contributed by atoms with Crippen molar-refractivity contribution >= 4 is 35.2 Å². The summed E-state index contributed by atoms with van der Waals surface area (Å²) >= 11 is 1.55. The van der Waals surface area contributed by atoms with Crippen molar-refractivity contribution in [2.24, 2.45) is 0 Å². The molecule has 0 saturated carbocycles. The summed E-state index contributed by atoms with van der Waals surface area (Å²) in [5, 5.41) is 5.58. The number of rotatable bonds is 3. The lowest BCUT2D eigenvalue weighted by Crippen LogP contribution is -2.50. The molecule has 23 heavy (non-hydrogen) atoms. The van der Waals surface area contributed by atoms with Gasteiger partial charge in [0.2, 0.25) is 17.7 Å². The summed E-state index contributed by atoms with van der Waals surface area (Å²) in [6.45, 7) is 1.93. The third-order valence-electron chi connectivity index (χ3n) is 4.16. The van der Waals surface area contributed by atoms with Gasteiger partial charge in [0.15, 0.2) is 0 Å². The van der Waals surface area contributed by atoms with Crippen LogP contribution in [0.1, 0.15) is 18.4 Å². The molecule has 2 N–H and O–H groups in total. The van der Waals surface area contributed by atoms with E-state index in [1.165, 1.54) is 0 Å². The van der Waals surface area contributed by atoms with E-state index in [9.17, 15) is 14.4 Å². The first-order valence-electron chi connectivity index (χ1n) is 7.60. The fourth-order valence-corrected chi connectivity index (χ4v) is 3.97. The Morgan fingerprint density at radius 2 is 2.13 bits per heavy atom. The first kappa shape index (κ1) is 15.9. The zero-order valence-electron chi connectivity index (χ0n) is 12.9. The zero-order chi connectivity index (χ0) is 16.4. The van der Waals surface area contributed by atoms with Gasteiger partial charge >= 0.3 is 0 Å². The van der Waals surface area contributed by atoms with Gasteiger partial charge in [0, 0.05) is 17.9 Å². The monoisotopic (exact) mass is 333 g/mol. The number of carbonyl (C=O) groups is 3. The van der Waals surface area contributed by atoms with Gasteiger partial charge in [0.25, 0.3) is 0 Å². The Kier molecular flexibility index (Phi) is 4.56. The molecule has 0 radical (unpaired) electrons. The summed E-state index contributed by atoms with van der Waals surface area (Å²) in [6.07, 6.45) is 0.877. The van der Waals surface area contributed by atoms with Crippen molar-refractivity contribution in [2.45, 2.75) is 31.8 Å². The lowest BCUT2D eigenvalue weighted by molar-refractivity contribution is -0.138. The molecule has 3 amide bonds. The van der Waals surface area contributed by atoms with Crippen molar-refractivity contribution < 1.29 is 14.4 Å². The van der Waals surface area contributed by atoms with Crippen molar-refractivity contribution in [3.05, 3.63) is 29.8 Å². The molecule has 2 aliphatic rings. The van der Waals surface area contributed by atoms with Gasteiger partial charge in [0.1, 0.15) is 12.1 Å². The van der Waals surface area contributed by atoms with E-state index >= 15 is 0 Å². The minimum atomic E-state index is -0.496. The molecule has 6 nitrogen and oxygen atoms in total. The van der Waals surface area contributed by atoms with Crippen LogP contribution in [0.4, 0.5) is 5.69 Å². The maximum Gasteiger partial charge on any atom is 0.248 e. The van der Waals surface area contributed by atoms with E-state index < -0.39 is 12.1 Å². The standard InChI is InChI=1S/C16H19N3O3S/c1-10-4-2-3-5-11(10)18-15(21)13-8-23-9-19(13)16(22)12-6-7-14(20)17-12/h2-5,12-13H,6-9H2,1H3,(H,17,20)(H,18,21)/t12?,13-/m0/s1. The number of benzene rings is 1. The fourth-order valence-electron chi connectivity index (χ4n) is 2.81. The molecule has 2 heterocycles. The number of nitrogens with one attached hydrogen (secondary N) is 2. The summed E-state index contributed by atoms with van der Waals surface area (Å²) in [4.78, 5) is 38.0. The summed E-state index contributed by atoms with van der Waals surface area (Å²) in [6, 6.07) is 6.56. The molecule has 2 saturated heterocycles. The van der Waals surface area contributed by atoms with Crippen LogP contribution in [0.5, 0.6) is 0 Å². The van der Waals surface area contributed by atoms with E-state index in [1.807, 2.05) is 31.2 Å². The van der Waals surface area contributed by atoms with Crippen molar-refractivity contribution in [1.82, 2.24) is 10.2 Å². The Morgan fingerprint density at radius 3 is 2.83 bits per heavy atom. The van der Waals surface area contributed by atoms with E-state index in [-0.39, 0.29) is 17.7 Å². The van der Waals surface area contributed by atoms with Crippen LogP contribution in [-0.2, 0) is 14.4 Å². The van der Waals surface area contributed by atoms with Gasteiger partial charge in [-0.3, -0.25) is 14.4 Å². The van der Waals surface area contributed by atoms with E-state index in [0.29, 0.717) is 24.5 Å². The van der Waals surface area contributed by atoms with Crippen LogP contribution >= 0.6 is 11.8 Å². The number of para-hydroxylation sites is 1. The van der Waals surface area contributed by atoms with Crippen LogP contribution in [-0.4, -0.2) is 46.3 Å². The minimum Gasteiger partial charge on any atom is -0.344 e. The molecule has 1 aromatic carbocycles. The first-order chi connectivity index (χ1) is 11.1. The Hall–Kier alpha value is -2.02. The molecule has 1 unspecified atom stereocenters. The van der Waals surface area contributed by atoms with Gasteiger partial charge in [-0.1, -0.05) is 18.2 Å². The molecule has 0 aliphatic carbocycles. The molecule has 2 atom stereocenters. The van der Waals surface area contributed by atoms with Crippen molar-refractivity contribution in [3.8, 4) is 0 Å². The highest BCUT2D eigenvalue weighted by molar-refractivity contribution is 7.99. The van der Waals surface area contributed by atoms with E-state index in [0.717, 1.165) is 11.3 Å². The highest BCUT2D eigenvalue weighted by Gasteiger charge is 2.39. The maximum absolute atomic E-state index is 12.6. The van der Waals surface area contributed by atoms with Gasteiger partial charge in [-0.15, -0.1) is 11.8 Å². The predicted molar refractivity (Wildman–Crippen MR) is 88.9 cm³/mol. The molecule has 7 heteroatoms. The van der Waals surface area contributed by atoms with Crippen LogP contribution in [0.15, 0.2) is 24.3 Å². The molecule has 2 fully saturated rings. The molecule has 3 rings (SSSR count). The third kappa shape index (κ3) is 3.34. The van der Waals surface area contributed by atoms with E-state index in [1.54, 1.807) is 16.7 Å².